The molecular formula is C12H15N. The van der Waals surface area contributed by atoms with E-state index >= 15 is 0 Å². The number of hydrogen-bond acceptors (Lipinski definition) is 1. The van der Waals surface area contributed by atoms with Crippen molar-refractivity contribution < 1.29 is 0 Å². The van der Waals surface area contributed by atoms with E-state index in [1.54, 1.807) is 0 Å². The molecule has 1 heteroatoms. The molecule has 4 unspecified atom stereocenters. The molecule has 0 spiro atoms. The molecule has 0 aliphatic heterocycles. The van der Waals surface area contributed by atoms with Crippen LogP contribution in [0.15, 0.2) is 30.3 Å². The Kier molecular flexibility index (Phi) is 1.50. The van der Waals surface area contributed by atoms with Gasteiger partial charge in [0, 0.05) is 6.04 Å². The van der Waals surface area contributed by atoms with Crippen molar-refractivity contribution in [2.45, 2.75) is 24.8 Å². The van der Waals surface area contributed by atoms with Gasteiger partial charge in [0.15, 0.2) is 0 Å². The van der Waals surface area contributed by atoms with Crippen LogP contribution in [0.4, 0.5) is 0 Å². The molecular weight excluding hydrogens is 158 g/mol. The maximum atomic E-state index is 5.85. The first-order chi connectivity index (χ1) is 6.36. The molecule has 1 aromatic rings. The van der Waals surface area contributed by atoms with E-state index in [0.717, 1.165) is 17.8 Å². The molecule has 3 rings (SSSR count). The molecule has 0 heterocycles. The van der Waals surface area contributed by atoms with E-state index in [9.17, 15) is 0 Å². The molecule has 1 nitrogen and oxygen atoms in total. The van der Waals surface area contributed by atoms with Gasteiger partial charge in [0.1, 0.15) is 0 Å². The lowest BCUT2D eigenvalue weighted by Crippen LogP contribution is -2.03. The Morgan fingerprint density at radius 1 is 1.00 bits per heavy atom. The van der Waals surface area contributed by atoms with E-state index in [0.29, 0.717) is 6.04 Å². The second kappa shape index (κ2) is 2.58. The molecule has 0 aromatic heterocycles. The number of rotatable bonds is 2. The normalized spacial score (nSPS) is 41.6. The largest absolute Gasteiger partial charge is 0.327 e. The molecule has 2 saturated carbocycles. The molecule has 4 atom stereocenters. The third kappa shape index (κ3) is 1.28. The average molecular weight is 173 g/mol. The fourth-order valence-corrected chi connectivity index (χ4v) is 2.50. The van der Waals surface area contributed by atoms with Gasteiger partial charge in [0.05, 0.1) is 0 Å². The van der Waals surface area contributed by atoms with Crippen LogP contribution in [0.3, 0.4) is 0 Å². The molecule has 0 saturated heterocycles. The lowest BCUT2D eigenvalue weighted by molar-refractivity contribution is 0.664. The molecule has 1 aromatic carbocycles. The highest BCUT2D eigenvalue weighted by molar-refractivity contribution is 5.27. The van der Waals surface area contributed by atoms with Crippen LogP contribution >= 0.6 is 0 Å². The molecule has 2 aliphatic rings. The van der Waals surface area contributed by atoms with Gasteiger partial charge in [0.2, 0.25) is 0 Å². The zero-order valence-corrected chi connectivity index (χ0v) is 7.69. The Morgan fingerprint density at radius 3 is 2.31 bits per heavy atom. The van der Waals surface area contributed by atoms with Crippen LogP contribution in [0.1, 0.15) is 24.3 Å². The van der Waals surface area contributed by atoms with Crippen LogP contribution in [0.5, 0.6) is 0 Å². The van der Waals surface area contributed by atoms with E-state index in [4.69, 9.17) is 5.73 Å². The van der Waals surface area contributed by atoms with Crippen molar-refractivity contribution in [1.82, 2.24) is 0 Å². The molecule has 0 amide bonds. The Balaban J connectivity index is 1.71. The van der Waals surface area contributed by atoms with Crippen molar-refractivity contribution in [2.24, 2.45) is 17.6 Å². The summed E-state index contributed by atoms with van der Waals surface area (Å²) in [5, 5.41) is 0. The Labute approximate surface area is 78.9 Å². The maximum Gasteiger partial charge on any atom is 0.00739 e. The summed E-state index contributed by atoms with van der Waals surface area (Å²) in [7, 11) is 0. The van der Waals surface area contributed by atoms with Crippen molar-refractivity contribution in [3.63, 3.8) is 0 Å². The standard InChI is InChI=1S/C12H15N/c13-12-7-11(12)10-6-9(10)8-4-2-1-3-5-8/h1-5,9-12H,6-7,13H2. The Bertz CT molecular complexity index is 306. The van der Waals surface area contributed by atoms with E-state index < -0.39 is 0 Å². The lowest BCUT2D eigenvalue weighted by atomic mass is 10.1. The molecule has 0 radical (unpaired) electrons. The van der Waals surface area contributed by atoms with Crippen LogP contribution < -0.4 is 5.73 Å². The minimum atomic E-state index is 0.527. The van der Waals surface area contributed by atoms with Crippen LogP contribution in [0.2, 0.25) is 0 Å². The first-order valence-corrected chi connectivity index (χ1v) is 5.17. The van der Waals surface area contributed by atoms with Crippen molar-refractivity contribution in [1.29, 1.82) is 0 Å². The predicted octanol–water partition coefficient (Wildman–Crippen LogP) is 2.14. The summed E-state index contributed by atoms with van der Waals surface area (Å²) >= 11 is 0. The monoisotopic (exact) mass is 173 g/mol. The summed E-state index contributed by atoms with van der Waals surface area (Å²) in [6.07, 6.45) is 2.65. The minimum absolute atomic E-state index is 0.527. The third-order valence-electron chi connectivity index (χ3n) is 3.51. The summed E-state index contributed by atoms with van der Waals surface area (Å²) in [6, 6.07) is 11.4. The van der Waals surface area contributed by atoms with E-state index in [1.807, 2.05) is 0 Å². The van der Waals surface area contributed by atoms with E-state index in [1.165, 1.54) is 18.4 Å². The molecule has 68 valence electrons. The van der Waals surface area contributed by atoms with Gasteiger partial charge >= 0.3 is 0 Å². The van der Waals surface area contributed by atoms with Crippen molar-refractivity contribution in [3.8, 4) is 0 Å². The first kappa shape index (κ1) is 7.57. The van der Waals surface area contributed by atoms with Crippen LogP contribution in [-0.4, -0.2) is 6.04 Å². The second-order valence-corrected chi connectivity index (χ2v) is 4.48. The Morgan fingerprint density at radius 2 is 1.69 bits per heavy atom. The zero-order valence-electron chi connectivity index (χ0n) is 7.69. The van der Waals surface area contributed by atoms with Gasteiger partial charge in [-0.2, -0.15) is 0 Å². The topological polar surface area (TPSA) is 26.0 Å². The summed E-state index contributed by atoms with van der Waals surface area (Å²) in [4.78, 5) is 0. The number of benzene rings is 1. The molecule has 2 aliphatic carbocycles. The highest BCUT2D eigenvalue weighted by Gasteiger charge is 2.52. The van der Waals surface area contributed by atoms with Gasteiger partial charge in [-0.3, -0.25) is 0 Å². The zero-order chi connectivity index (χ0) is 8.84. The third-order valence-corrected chi connectivity index (χ3v) is 3.51. The second-order valence-electron chi connectivity index (χ2n) is 4.48. The quantitative estimate of drug-likeness (QED) is 0.728. The summed E-state index contributed by atoms with van der Waals surface area (Å²) in [5.41, 5.74) is 7.37. The minimum Gasteiger partial charge on any atom is -0.327 e. The Hall–Kier alpha value is -0.820. The van der Waals surface area contributed by atoms with Gasteiger partial charge in [0.25, 0.3) is 0 Å². The van der Waals surface area contributed by atoms with Gasteiger partial charge in [-0.25, -0.2) is 0 Å². The van der Waals surface area contributed by atoms with Gasteiger partial charge in [-0.15, -0.1) is 0 Å². The van der Waals surface area contributed by atoms with Gasteiger partial charge in [-0.1, -0.05) is 30.3 Å². The number of hydrogen-bond donors (Lipinski definition) is 1. The van der Waals surface area contributed by atoms with Gasteiger partial charge in [-0.05, 0) is 36.2 Å². The van der Waals surface area contributed by atoms with E-state index in [-0.39, 0.29) is 0 Å². The maximum absolute atomic E-state index is 5.85. The summed E-state index contributed by atoms with van der Waals surface area (Å²) in [5.74, 6) is 2.60. The van der Waals surface area contributed by atoms with Crippen LogP contribution in [-0.2, 0) is 0 Å². The van der Waals surface area contributed by atoms with Crippen molar-refractivity contribution in [3.05, 3.63) is 35.9 Å². The smallest absolute Gasteiger partial charge is 0.00739 e. The number of nitrogens with two attached hydrogens (primary N) is 1. The lowest BCUT2D eigenvalue weighted by Gasteiger charge is -1.98. The summed E-state index contributed by atoms with van der Waals surface area (Å²) < 4.78 is 0. The highest BCUT2D eigenvalue weighted by atomic mass is 14.8. The van der Waals surface area contributed by atoms with Crippen LogP contribution in [0, 0.1) is 11.8 Å². The SMILES string of the molecule is NC1CC1C1CC1c1ccccc1. The molecule has 2 N–H and O–H groups in total. The van der Waals surface area contributed by atoms with Crippen LogP contribution in [0.25, 0.3) is 0 Å². The fourth-order valence-electron chi connectivity index (χ4n) is 2.50. The fraction of sp³-hybridized carbons (Fsp3) is 0.500. The molecule has 0 bridgehead atoms. The van der Waals surface area contributed by atoms with Gasteiger partial charge < -0.3 is 5.73 Å². The first-order valence-electron chi connectivity index (χ1n) is 5.17. The summed E-state index contributed by atoms with van der Waals surface area (Å²) in [6.45, 7) is 0. The highest BCUT2D eigenvalue weighted by Crippen LogP contribution is 2.58. The molecule has 13 heavy (non-hydrogen) atoms. The van der Waals surface area contributed by atoms with Crippen molar-refractivity contribution >= 4 is 0 Å². The molecule has 2 fully saturated rings. The average Bonchev–Trinajstić information content (AvgIpc) is 3.01. The predicted molar refractivity (Wildman–Crippen MR) is 53.4 cm³/mol. The van der Waals surface area contributed by atoms with E-state index in [2.05, 4.69) is 30.3 Å². The van der Waals surface area contributed by atoms with Crippen molar-refractivity contribution in [2.75, 3.05) is 0 Å².